The number of benzene rings is 4. The summed E-state index contributed by atoms with van der Waals surface area (Å²) in [5.41, 5.74) is 1.10. The topological polar surface area (TPSA) is 119 Å². The van der Waals surface area contributed by atoms with Gasteiger partial charge in [0.25, 0.3) is 23.4 Å². The number of anilines is 2. The van der Waals surface area contributed by atoms with Gasteiger partial charge in [-0.2, -0.15) is 0 Å². The second kappa shape index (κ2) is 9.15. The van der Waals surface area contributed by atoms with Gasteiger partial charge in [-0.05, 0) is 54.6 Å². The Morgan fingerprint density at radius 3 is 2.19 bits per heavy atom. The van der Waals surface area contributed by atoms with E-state index in [4.69, 9.17) is 4.74 Å². The van der Waals surface area contributed by atoms with Crippen LogP contribution >= 0.6 is 0 Å². The number of nitrogens with zero attached hydrogens (tertiary/aromatic N) is 2. The Morgan fingerprint density at radius 2 is 1.47 bits per heavy atom. The number of hydrogen-bond acceptors (Lipinski definition) is 6. The molecule has 1 N–H and O–H groups in total. The molecule has 176 valence electrons. The number of hydrogen-bond donors (Lipinski definition) is 1. The van der Waals surface area contributed by atoms with Crippen molar-refractivity contribution in [3.63, 3.8) is 0 Å². The second-order valence-electron chi connectivity index (χ2n) is 7.88. The monoisotopic (exact) mass is 479 g/mol. The van der Waals surface area contributed by atoms with Crippen LogP contribution in [0.3, 0.4) is 0 Å². The highest BCUT2D eigenvalue weighted by Gasteiger charge is 2.37. The number of carbonyl (C=O) groups is 3. The van der Waals surface area contributed by atoms with Gasteiger partial charge in [-0.15, -0.1) is 0 Å². The minimum Gasteiger partial charge on any atom is -0.457 e. The molecule has 0 atom stereocenters. The number of ether oxygens (including phenoxy) is 1. The number of fused-ring (bicyclic) bond motifs is 1. The van der Waals surface area contributed by atoms with Gasteiger partial charge in [0.1, 0.15) is 11.5 Å². The van der Waals surface area contributed by atoms with Crippen LogP contribution in [0.1, 0.15) is 31.1 Å². The Labute approximate surface area is 204 Å². The molecule has 0 aromatic heterocycles. The number of nitro benzene ring substituents is 1. The Balaban J connectivity index is 1.36. The van der Waals surface area contributed by atoms with Crippen LogP contribution in [0.2, 0.25) is 0 Å². The smallest absolute Gasteiger partial charge is 0.269 e. The fourth-order valence-corrected chi connectivity index (χ4v) is 3.80. The van der Waals surface area contributed by atoms with Crippen LogP contribution in [-0.4, -0.2) is 22.6 Å². The molecule has 0 bridgehead atoms. The van der Waals surface area contributed by atoms with Crippen molar-refractivity contribution in [2.24, 2.45) is 0 Å². The van der Waals surface area contributed by atoms with Gasteiger partial charge < -0.3 is 10.1 Å². The van der Waals surface area contributed by atoms with E-state index in [0.29, 0.717) is 22.9 Å². The van der Waals surface area contributed by atoms with Crippen LogP contribution in [0.5, 0.6) is 11.5 Å². The maximum absolute atomic E-state index is 13.2. The van der Waals surface area contributed by atoms with Crippen molar-refractivity contribution in [2.45, 2.75) is 0 Å². The highest BCUT2D eigenvalue weighted by atomic mass is 16.6. The average Bonchev–Trinajstić information content (AvgIpc) is 3.14. The number of nitrogens with one attached hydrogen (secondary N) is 1. The van der Waals surface area contributed by atoms with Gasteiger partial charge in [0.15, 0.2) is 0 Å². The van der Waals surface area contributed by atoms with Gasteiger partial charge in [0.05, 0.1) is 21.7 Å². The van der Waals surface area contributed by atoms with Crippen LogP contribution in [-0.2, 0) is 0 Å². The summed E-state index contributed by atoms with van der Waals surface area (Å²) >= 11 is 0. The Morgan fingerprint density at radius 1 is 0.778 bits per heavy atom. The minimum atomic E-state index is -0.556. The van der Waals surface area contributed by atoms with Gasteiger partial charge in [-0.3, -0.25) is 24.5 Å². The molecule has 0 unspecified atom stereocenters. The average molecular weight is 479 g/mol. The van der Waals surface area contributed by atoms with Crippen molar-refractivity contribution in [3.05, 3.63) is 124 Å². The largest absolute Gasteiger partial charge is 0.457 e. The number of amides is 3. The summed E-state index contributed by atoms with van der Waals surface area (Å²) in [5, 5.41) is 13.5. The zero-order chi connectivity index (χ0) is 25.2. The third-order valence-corrected chi connectivity index (χ3v) is 5.54. The number of imide groups is 1. The van der Waals surface area contributed by atoms with Crippen molar-refractivity contribution in [2.75, 3.05) is 10.2 Å². The standard InChI is InChI=1S/C27H17N3O6/c31-25(17-9-12-19(13-10-17)30(34)35)28-18-11-14-23-24(15-18)27(33)29(26(23)32)20-5-4-8-22(16-20)36-21-6-2-1-3-7-21/h1-16H,(H,28,31). The molecule has 0 aliphatic carbocycles. The molecule has 9 nitrogen and oxygen atoms in total. The lowest BCUT2D eigenvalue weighted by Gasteiger charge is -2.15. The molecule has 3 amide bonds. The quantitative estimate of drug-likeness (QED) is 0.223. The van der Waals surface area contributed by atoms with E-state index < -0.39 is 22.6 Å². The lowest BCUT2D eigenvalue weighted by molar-refractivity contribution is -0.384. The van der Waals surface area contributed by atoms with Crippen molar-refractivity contribution in [1.29, 1.82) is 0 Å². The van der Waals surface area contributed by atoms with Crippen LogP contribution in [0.4, 0.5) is 17.1 Å². The van der Waals surface area contributed by atoms with E-state index >= 15 is 0 Å². The minimum absolute atomic E-state index is 0.133. The Kier molecular flexibility index (Phi) is 5.71. The maximum atomic E-state index is 13.2. The summed E-state index contributed by atoms with van der Waals surface area (Å²) in [5.74, 6) is -0.445. The van der Waals surface area contributed by atoms with Crippen LogP contribution in [0, 0.1) is 10.1 Å². The van der Waals surface area contributed by atoms with Gasteiger partial charge >= 0.3 is 0 Å². The van der Waals surface area contributed by atoms with Gasteiger partial charge in [-0.1, -0.05) is 24.3 Å². The number of carbonyl (C=O) groups excluding carboxylic acids is 3. The number of para-hydroxylation sites is 1. The molecule has 0 saturated heterocycles. The summed E-state index contributed by atoms with van der Waals surface area (Å²) < 4.78 is 5.82. The lowest BCUT2D eigenvalue weighted by atomic mass is 10.1. The summed E-state index contributed by atoms with van der Waals surface area (Å²) in [7, 11) is 0. The Hall–Kier alpha value is -5.31. The fourth-order valence-electron chi connectivity index (χ4n) is 3.80. The summed E-state index contributed by atoms with van der Waals surface area (Å²) in [6, 6.07) is 25.3. The van der Waals surface area contributed by atoms with Crippen molar-refractivity contribution < 1.29 is 24.0 Å². The molecule has 9 heteroatoms. The first-order valence-electron chi connectivity index (χ1n) is 10.8. The maximum Gasteiger partial charge on any atom is 0.269 e. The predicted octanol–water partition coefficient (Wildman–Crippen LogP) is 5.44. The number of nitro groups is 1. The molecule has 0 radical (unpaired) electrons. The van der Waals surface area contributed by atoms with E-state index in [1.165, 1.54) is 42.5 Å². The molecule has 0 fully saturated rings. The van der Waals surface area contributed by atoms with Gasteiger partial charge in [-0.25, -0.2) is 4.90 Å². The number of non-ortho nitro benzene ring substituents is 1. The van der Waals surface area contributed by atoms with E-state index in [-0.39, 0.29) is 22.4 Å². The summed E-state index contributed by atoms with van der Waals surface area (Å²) in [4.78, 5) is 50.1. The van der Waals surface area contributed by atoms with Crippen LogP contribution < -0.4 is 15.0 Å². The molecule has 4 aromatic carbocycles. The first-order valence-corrected chi connectivity index (χ1v) is 10.8. The van der Waals surface area contributed by atoms with E-state index in [1.54, 1.807) is 36.4 Å². The predicted molar refractivity (Wildman–Crippen MR) is 132 cm³/mol. The van der Waals surface area contributed by atoms with Crippen molar-refractivity contribution in [1.82, 2.24) is 0 Å². The molecule has 36 heavy (non-hydrogen) atoms. The van der Waals surface area contributed by atoms with Crippen LogP contribution in [0.25, 0.3) is 0 Å². The van der Waals surface area contributed by atoms with E-state index in [2.05, 4.69) is 5.32 Å². The van der Waals surface area contributed by atoms with Crippen LogP contribution in [0.15, 0.2) is 97.1 Å². The summed E-state index contributed by atoms with van der Waals surface area (Å²) in [6.45, 7) is 0. The molecule has 1 aliphatic heterocycles. The number of rotatable bonds is 6. The second-order valence-corrected chi connectivity index (χ2v) is 7.88. The summed E-state index contributed by atoms with van der Waals surface area (Å²) in [6.07, 6.45) is 0. The Bertz CT molecular complexity index is 1520. The first-order chi connectivity index (χ1) is 17.4. The lowest BCUT2D eigenvalue weighted by Crippen LogP contribution is -2.29. The molecular formula is C27H17N3O6. The third-order valence-electron chi connectivity index (χ3n) is 5.54. The third kappa shape index (κ3) is 4.28. The van der Waals surface area contributed by atoms with Gasteiger partial charge in [0, 0.05) is 29.4 Å². The highest BCUT2D eigenvalue weighted by Crippen LogP contribution is 2.33. The highest BCUT2D eigenvalue weighted by molar-refractivity contribution is 6.34. The van der Waals surface area contributed by atoms with Crippen molar-refractivity contribution in [3.8, 4) is 11.5 Å². The van der Waals surface area contributed by atoms with E-state index in [0.717, 1.165) is 4.90 Å². The molecular weight excluding hydrogens is 462 g/mol. The molecule has 1 heterocycles. The fraction of sp³-hybridized carbons (Fsp3) is 0. The normalized spacial score (nSPS) is 12.3. The SMILES string of the molecule is O=C(Nc1ccc2c(c1)C(=O)N(c1cccc(Oc3ccccc3)c1)C2=O)c1ccc([N+](=O)[O-])cc1. The first kappa shape index (κ1) is 22.5. The molecule has 5 rings (SSSR count). The van der Waals surface area contributed by atoms with Crippen molar-refractivity contribution >= 4 is 34.8 Å². The molecule has 4 aromatic rings. The van der Waals surface area contributed by atoms with E-state index in [9.17, 15) is 24.5 Å². The molecule has 1 aliphatic rings. The van der Waals surface area contributed by atoms with E-state index in [1.807, 2.05) is 18.2 Å². The molecule has 0 spiro atoms. The molecule has 0 saturated carbocycles. The zero-order valence-corrected chi connectivity index (χ0v) is 18.6. The van der Waals surface area contributed by atoms with Gasteiger partial charge in [0.2, 0.25) is 0 Å². The zero-order valence-electron chi connectivity index (χ0n) is 18.6.